The van der Waals surface area contributed by atoms with E-state index in [1.165, 1.54) is 179 Å². The second kappa shape index (κ2) is 38.7. The van der Waals surface area contributed by atoms with Gasteiger partial charge >= 0.3 is 11.9 Å². The molecule has 0 saturated heterocycles. The molecule has 0 spiro atoms. The van der Waals surface area contributed by atoms with Gasteiger partial charge in [-0.05, 0) is 64.5 Å². The molecule has 0 aliphatic heterocycles. The Labute approximate surface area is 356 Å². The van der Waals surface area contributed by atoms with Gasteiger partial charge in [0.2, 0.25) is 0 Å². The highest BCUT2D eigenvalue weighted by Crippen LogP contribution is 2.23. The minimum atomic E-state index is -4.77. The van der Waals surface area contributed by atoms with E-state index in [-0.39, 0.29) is 18.8 Å². The first-order chi connectivity index (χ1) is 28.3. The maximum atomic E-state index is 13.1. The number of hydrogen-bond donors (Lipinski definition) is 1. The van der Waals surface area contributed by atoms with Crippen LogP contribution in [0, 0.1) is 0 Å². The number of hydrogen-bond acceptors (Lipinski definition) is 6. The van der Waals surface area contributed by atoms with Gasteiger partial charge in [-0.25, -0.2) is 9.59 Å². The predicted octanol–water partition coefficient (Wildman–Crippen LogP) is 15.7. The summed E-state index contributed by atoms with van der Waals surface area (Å²) in [5.74, 6) is -1.74. The van der Waals surface area contributed by atoms with Gasteiger partial charge in [0, 0.05) is 0 Å². The van der Waals surface area contributed by atoms with E-state index >= 15 is 0 Å². The Morgan fingerprint density at radius 3 is 1.07 bits per heavy atom. The summed E-state index contributed by atoms with van der Waals surface area (Å²) in [5.41, 5.74) is -0.668. The fourth-order valence-corrected chi connectivity index (χ4v) is 8.32. The highest BCUT2D eigenvalue weighted by Gasteiger charge is 2.28. The Hall–Kier alpha value is -2.45. The minimum absolute atomic E-state index is 0.112. The van der Waals surface area contributed by atoms with Gasteiger partial charge in [0.05, 0.1) is 24.3 Å². The van der Waals surface area contributed by atoms with Crippen LogP contribution in [0.1, 0.15) is 253 Å². The topological polar surface area (TPSA) is 107 Å². The fourth-order valence-electron chi connectivity index (χ4n) is 7.62. The molecular weight excluding hydrogens is 745 g/mol. The molecule has 1 rings (SSSR count). The molecule has 0 aromatic heterocycles. The standard InChI is InChI=1S/C50H86O7S/c1-3-5-7-9-11-13-15-17-19-21-23-25-27-29-31-33-35-37-39-44-56-49(51)46-42-41-43-47(58(53,54)55)48(46)50(52)57-45-40-38-36-34-32-30-28-26-24-22-20-18-16-14-12-10-8-6-4-2/h3-6,41-43H,7-40,44-45H2,1-2H3,(H,53,54,55)/b5-3+,6-4+. The van der Waals surface area contributed by atoms with Gasteiger partial charge in [-0.3, -0.25) is 4.55 Å². The molecule has 1 aromatic carbocycles. The van der Waals surface area contributed by atoms with Crippen molar-refractivity contribution in [2.45, 2.75) is 237 Å². The third kappa shape index (κ3) is 30.6. The number of carbonyl (C=O) groups excluding carboxylic acids is 2. The molecule has 0 aliphatic carbocycles. The van der Waals surface area contributed by atoms with Crippen LogP contribution in [0.4, 0.5) is 0 Å². The Bertz CT molecular complexity index is 1300. The largest absolute Gasteiger partial charge is 0.462 e. The zero-order chi connectivity index (χ0) is 42.2. The predicted molar refractivity (Wildman–Crippen MR) is 243 cm³/mol. The van der Waals surface area contributed by atoms with E-state index in [0.717, 1.165) is 44.6 Å². The molecule has 0 amide bonds. The van der Waals surface area contributed by atoms with Crippen LogP contribution in [0.2, 0.25) is 0 Å². The van der Waals surface area contributed by atoms with Gasteiger partial charge in [0.1, 0.15) is 4.90 Å². The van der Waals surface area contributed by atoms with Gasteiger partial charge in [-0.1, -0.05) is 210 Å². The third-order valence-corrected chi connectivity index (χ3v) is 12.1. The summed E-state index contributed by atoms with van der Waals surface area (Å²) in [6, 6.07) is 3.77. The van der Waals surface area contributed by atoms with Gasteiger partial charge in [0.15, 0.2) is 0 Å². The molecule has 7 nitrogen and oxygen atoms in total. The quantitative estimate of drug-likeness (QED) is 0.0303. The lowest BCUT2D eigenvalue weighted by molar-refractivity contribution is 0.0446. The summed E-state index contributed by atoms with van der Waals surface area (Å²) >= 11 is 0. The molecule has 8 heteroatoms. The van der Waals surface area contributed by atoms with Crippen LogP contribution in [0.25, 0.3) is 0 Å². The van der Waals surface area contributed by atoms with Crippen LogP contribution < -0.4 is 0 Å². The van der Waals surface area contributed by atoms with Crippen molar-refractivity contribution in [3.63, 3.8) is 0 Å². The SMILES string of the molecule is C/C=C/CCCCCCCCCCCCCCCCCCOC(=O)c1cccc(S(=O)(=O)O)c1C(=O)OCCCCCCCCCCCCCCCCCC/C=C/C. The summed E-state index contributed by atoms with van der Waals surface area (Å²) in [4.78, 5) is 25.4. The van der Waals surface area contributed by atoms with Crippen LogP contribution in [-0.4, -0.2) is 38.1 Å². The van der Waals surface area contributed by atoms with Crippen molar-refractivity contribution in [3.05, 3.63) is 53.6 Å². The number of ether oxygens (including phenoxy) is 2. The van der Waals surface area contributed by atoms with Crippen molar-refractivity contribution in [2.75, 3.05) is 13.2 Å². The van der Waals surface area contributed by atoms with Crippen LogP contribution in [0.5, 0.6) is 0 Å². The molecule has 0 fully saturated rings. The van der Waals surface area contributed by atoms with Crippen molar-refractivity contribution < 1.29 is 32.0 Å². The van der Waals surface area contributed by atoms with Gasteiger partial charge in [-0.2, -0.15) is 8.42 Å². The van der Waals surface area contributed by atoms with E-state index in [2.05, 4.69) is 38.2 Å². The van der Waals surface area contributed by atoms with Crippen molar-refractivity contribution in [3.8, 4) is 0 Å². The number of rotatable bonds is 41. The molecule has 1 N–H and O–H groups in total. The second-order valence-corrected chi connectivity index (χ2v) is 17.8. The average Bonchev–Trinajstić information content (AvgIpc) is 3.21. The number of carbonyl (C=O) groups is 2. The van der Waals surface area contributed by atoms with Gasteiger partial charge in [-0.15, -0.1) is 0 Å². The zero-order valence-electron chi connectivity index (χ0n) is 37.3. The van der Waals surface area contributed by atoms with E-state index in [4.69, 9.17) is 9.47 Å². The third-order valence-electron chi connectivity index (χ3n) is 11.2. The first-order valence-electron chi connectivity index (χ1n) is 24.0. The van der Waals surface area contributed by atoms with E-state index in [0.29, 0.717) is 12.8 Å². The number of esters is 2. The summed E-state index contributed by atoms with van der Waals surface area (Å²) in [7, 11) is -4.77. The first kappa shape index (κ1) is 53.6. The molecule has 1 aromatic rings. The van der Waals surface area contributed by atoms with Gasteiger partial charge in [0.25, 0.3) is 10.1 Å². The molecule has 0 aliphatic rings. The summed E-state index contributed by atoms with van der Waals surface area (Å²) < 4.78 is 44.9. The lowest BCUT2D eigenvalue weighted by Gasteiger charge is -2.13. The van der Waals surface area contributed by atoms with Crippen LogP contribution >= 0.6 is 0 Å². The number of allylic oxidation sites excluding steroid dienone is 4. The zero-order valence-corrected chi connectivity index (χ0v) is 38.1. The smallest absolute Gasteiger partial charge is 0.340 e. The Kier molecular flexibility index (Phi) is 35.8. The van der Waals surface area contributed by atoms with E-state index < -0.39 is 32.5 Å². The van der Waals surface area contributed by atoms with E-state index in [1.807, 2.05) is 0 Å². The van der Waals surface area contributed by atoms with E-state index in [1.54, 1.807) is 0 Å². The normalized spacial score (nSPS) is 11.9. The lowest BCUT2D eigenvalue weighted by Crippen LogP contribution is -2.19. The van der Waals surface area contributed by atoms with Crippen molar-refractivity contribution in [1.82, 2.24) is 0 Å². The van der Waals surface area contributed by atoms with Crippen LogP contribution in [0.15, 0.2) is 47.4 Å². The monoisotopic (exact) mass is 831 g/mol. The molecule has 0 saturated carbocycles. The number of benzene rings is 1. The summed E-state index contributed by atoms with van der Waals surface area (Å²) in [6.45, 7) is 4.47. The lowest BCUT2D eigenvalue weighted by atomic mass is 10.0. The Morgan fingerprint density at radius 2 is 0.759 bits per heavy atom. The summed E-state index contributed by atoms with van der Waals surface area (Å²) in [5, 5.41) is 0. The minimum Gasteiger partial charge on any atom is -0.462 e. The average molecular weight is 831 g/mol. The maximum absolute atomic E-state index is 13.1. The maximum Gasteiger partial charge on any atom is 0.340 e. The Balaban J connectivity index is 2.16. The highest BCUT2D eigenvalue weighted by molar-refractivity contribution is 7.86. The van der Waals surface area contributed by atoms with Crippen LogP contribution in [0.3, 0.4) is 0 Å². The van der Waals surface area contributed by atoms with Crippen molar-refractivity contribution in [1.29, 1.82) is 0 Å². The second-order valence-electron chi connectivity index (χ2n) is 16.5. The first-order valence-corrected chi connectivity index (χ1v) is 25.4. The molecule has 0 unspecified atom stereocenters. The highest BCUT2D eigenvalue weighted by atomic mass is 32.2. The molecule has 0 radical (unpaired) electrons. The van der Waals surface area contributed by atoms with Crippen LogP contribution in [-0.2, 0) is 19.6 Å². The van der Waals surface area contributed by atoms with Crippen molar-refractivity contribution in [2.24, 2.45) is 0 Å². The number of unbranched alkanes of at least 4 members (excludes halogenated alkanes) is 32. The summed E-state index contributed by atoms with van der Waals surface area (Å²) in [6.07, 6.45) is 50.8. The molecule has 58 heavy (non-hydrogen) atoms. The Morgan fingerprint density at radius 1 is 0.466 bits per heavy atom. The van der Waals surface area contributed by atoms with E-state index in [9.17, 15) is 22.6 Å². The molecule has 0 atom stereocenters. The fraction of sp³-hybridized carbons (Fsp3) is 0.760. The molecular formula is C50H86O7S. The van der Waals surface area contributed by atoms with Gasteiger partial charge < -0.3 is 9.47 Å². The molecule has 0 heterocycles. The molecule has 0 bridgehead atoms. The molecule has 334 valence electrons. The van der Waals surface area contributed by atoms with Crippen molar-refractivity contribution >= 4 is 22.1 Å².